The van der Waals surface area contributed by atoms with Gasteiger partial charge in [-0.3, -0.25) is 9.59 Å². The van der Waals surface area contributed by atoms with Crippen LogP contribution in [0.15, 0.2) is 36.5 Å². The molecule has 0 atom stereocenters. The molecule has 1 aliphatic heterocycles. The minimum atomic E-state index is -4.47. The van der Waals surface area contributed by atoms with Crippen LogP contribution < -0.4 is 14.4 Å². The number of piperidine rings is 1. The molecule has 1 aromatic heterocycles. The largest absolute Gasteiger partial charge is 0.493 e. The van der Waals surface area contributed by atoms with Gasteiger partial charge in [-0.15, -0.1) is 0 Å². The van der Waals surface area contributed by atoms with Crippen LogP contribution in [0, 0.1) is 5.92 Å². The number of methoxy groups -OCH3 is 1. The van der Waals surface area contributed by atoms with Crippen molar-refractivity contribution < 1.29 is 45.8 Å². The van der Waals surface area contributed by atoms with Gasteiger partial charge in [-0.05, 0) is 43.2 Å². The van der Waals surface area contributed by atoms with Gasteiger partial charge in [-0.2, -0.15) is 22.0 Å². The lowest BCUT2D eigenvalue weighted by Crippen LogP contribution is -2.37. The maximum Gasteiger partial charge on any atom is 0.417 e. The summed E-state index contributed by atoms with van der Waals surface area (Å²) in [5.41, 5.74) is -0.748. The highest BCUT2D eigenvalue weighted by atomic mass is 19.4. The van der Waals surface area contributed by atoms with Crippen molar-refractivity contribution >= 4 is 17.6 Å². The monoisotopic (exact) mass is 488 g/mol. The zero-order valence-corrected chi connectivity index (χ0v) is 18.0. The average Bonchev–Trinajstić information content (AvgIpc) is 2.82. The van der Waals surface area contributed by atoms with Gasteiger partial charge in [0.1, 0.15) is 5.82 Å². The summed E-state index contributed by atoms with van der Waals surface area (Å²) in [6.07, 6.45) is -2.94. The lowest BCUT2D eigenvalue weighted by Gasteiger charge is -2.31. The molecule has 2 aromatic rings. The second-order valence-electron chi connectivity index (χ2n) is 7.44. The van der Waals surface area contributed by atoms with E-state index < -0.39 is 42.6 Å². The van der Waals surface area contributed by atoms with Gasteiger partial charge in [-0.25, -0.2) is 4.98 Å². The highest BCUT2D eigenvalue weighted by Gasteiger charge is 2.32. The molecule has 7 nitrogen and oxygen atoms in total. The predicted molar refractivity (Wildman–Crippen MR) is 109 cm³/mol. The SMILES string of the molecule is COc1cc(C(=O)COC(=O)C2CCN(c3ccc(C(F)(F)F)cn3)CC2)ccc1OC(F)F. The highest BCUT2D eigenvalue weighted by Crippen LogP contribution is 2.31. The Hall–Kier alpha value is -3.44. The third-order valence-corrected chi connectivity index (χ3v) is 5.27. The molecule has 34 heavy (non-hydrogen) atoms. The topological polar surface area (TPSA) is 78.0 Å². The van der Waals surface area contributed by atoms with Crippen molar-refractivity contribution in [2.75, 3.05) is 31.7 Å². The van der Waals surface area contributed by atoms with Crippen molar-refractivity contribution in [3.63, 3.8) is 0 Å². The Kier molecular flexibility index (Phi) is 7.90. The molecule has 0 amide bonds. The van der Waals surface area contributed by atoms with Crippen LogP contribution in [-0.4, -0.2) is 50.2 Å². The van der Waals surface area contributed by atoms with E-state index in [1.807, 2.05) is 0 Å². The number of benzene rings is 1. The summed E-state index contributed by atoms with van der Waals surface area (Å²) >= 11 is 0. The summed E-state index contributed by atoms with van der Waals surface area (Å²) < 4.78 is 77.2. The first-order chi connectivity index (χ1) is 16.1. The van der Waals surface area contributed by atoms with Crippen molar-refractivity contribution in [3.8, 4) is 11.5 Å². The van der Waals surface area contributed by atoms with Crippen LogP contribution >= 0.6 is 0 Å². The highest BCUT2D eigenvalue weighted by molar-refractivity contribution is 5.98. The smallest absolute Gasteiger partial charge is 0.417 e. The van der Waals surface area contributed by atoms with Crippen LogP contribution in [-0.2, 0) is 15.7 Å². The molecular formula is C22H21F5N2O5. The molecule has 1 aromatic carbocycles. The fourth-order valence-corrected chi connectivity index (χ4v) is 3.46. The number of carbonyl (C=O) groups is 2. The van der Waals surface area contributed by atoms with Gasteiger partial charge in [0.05, 0.1) is 18.6 Å². The first kappa shape index (κ1) is 25.2. The van der Waals surface area contributed by atoms with Crippen molar-refractivity contribution in [2.24, 2.45) is 5.92 Å². The van der Waals surface area contributed by atoms with Crippen LogP contribution in [0.5, 0.6) is 11.5 Å². The normalized spacial score (nSPS) is 14.7. The van der Waals surface area contributed by atoms with Crippen LogP contribution in [0.4, 0.5) is 27.8 Å². The maximum absolute atomic E-state index is 12.7. The molecule has 0 saturated carbocycles. The lowest BCUT2D eigenvalue weighted by atomic mass is 9.97. The number of pyridine rings is 1. The van der Waals surface area contributed by atoms with E-state index in [1.165, 1.54) is 25.3 Å². The minimum Gasteiger partial charge on any atom is -0.493 e. The molecule has 1 fully saturated rings. The van der Waals surface area contributed by atoms with Crippen molar-refractivity contribution in [1.82, 2.24) is 4.98 Å². The number of hydrogen-bond acceptors (Lipinski definition) is 7. The van der Waals surface area contributed by atoms with Gasteiger partial charge < -0.3 is 19.1 Å². The molecule has 0 spiro atoms. The minimum absolute atomic E-state index is 0.0678. The number of esters is 1. The summed E-state index contributed by atoms with van der Waals surface area (Å²) in [4.78, 5) is 30.3. The number of anilines is 1. The van der Waals surface area contributed by atoms with Gasteiger partial charge in [0.25, 0.3) is 0 Å². The lowest BCUT2D eigenvalue weighted by molar-refractivity contribution is -0.148. The first-order valence-electron chi connectivity index (χ1n) is 10.2. The number of nitrogens with zero attached hydrogens (tertiary/aromatic N) is 2. The first-order valence-corrected chi connectivity index (χ1v) is 10.2. The van der Waals surface area contributed by atoms with E-state index in [4.69, 9.17) is 9.47 Å². The summed E-state index contributed by atoms with van der Waals surface area (Å²) in [6.45, 7) is -2.83. The Balaban J connectivity index is 1.50. The molecule has 3 rings (SSSR count). The number of ketones is 1. The average molecular weight is 488 g/mol. The number of hydrogen-bond donors (Lipinski definition) is 0. The summed E-state index contributed by atoms with van der Waals surface area (Å²) in [6, 6.07) is 5.86. The van der Waals surface area contributed by atoms with E-state index in [1.54, 1.807) is 4.90 Å². The second kappa shape index (κ2) is 10.7. The van der Waals surface area contributed by atoms with E-state index in [0.29, 0.717) is 31.7 Å². The van der Waals surface area contributed by atoms with E-state index in [9.17, 15) is 31.5 Å². The van der Waals surface area contributed by atoms with Crippen LogP contribution in [0.25, 0.3) is 0 Å². The van der Waals surface area contributed by atoms with Gasteiger partial charge in [0.15, 0.2) is 23.9 Å². The molecule has 12 heteroatoms. The summed E-state index contributed by atoms with van der Waals surface area (Å²) in [5, 5.41) is 0. The van der Waals surface area contributed by atoms with Gasteiger partial charge in [-0.1, -0.05) is 0 Å². The Morgan fingerprint density at radius 1 is 1.12 bits per heavy atom. The fraction of sp³-hybridized carbons (Fsp3) is 0.409. The number of ether oxygens (including phenoxy) is 3. The van der Waals surface area contributed by atoms with Crippen LogP contribution in [0.2, 0.25) is 0 Å². The molecule has 0 N–H and O–H groups in total. The predicted octanol–water partition coefficient (Wildman–Crippen LogP) is 4.35. The maximum atomic E-state index is 12.7. The van der Waals surface area contributed by atoms with Gasteiger partial charge in [0.2, 0.25) is 0 Å². The standard InChI is InChI=1S/C22H21F5N2O5/c1-32-18-10-14(2-4-17(18)34-21(23)24)16(30)12-33-20(31)13-6-8-29(9-7-13)19-5-3-15(11-28-19)22(25,26)27/h2-5,10-11,13,21H,6-9,12H2,1H3. The summed E-state index contributed by atoms with van der Waals surface area (Å²) in [5.74, 6) is -1.53. The molecule has 2 heterocycles. The fourth-order valence-electron chi connectivity index (χ4n) is 3.46. The summed E-state index contributed by atoms with van der Waals surface area (Å²) in [7, 11) is 1.23. The zero-order chi connectivity index (χ0) is 24.9. The molecular weight excluding hydrogens is 467 g/mol. The Morgan fingerprint density at radius 3 is 2.38 bits per heavy atom. The number of aromatic nitrogens is 1. The van der Waals surface area contributed by atoms with Crippen molar-refractivity contribution in [1.29, 1.82) is 0 Å². The Labute approximate surface area is 191 Å². The van der Waals surface area contributed by atoms with E-state index in [-0.39, 0.29) is 17.1 Å². The second-order valence-corrected chi connectivity index (χ2v) is 7.44. The van der Waals surface area contributed by atoms with E-state index in [0.717, 1.165) is 18.3 Å². The molecule has 1 aliphatic rings. The Morgan fingerprint density at radius 2 is 1.82 bits per heavy atom. The quantitative estimate of drug-likeness (QED) is 0.311. The number of rotatable bonds is 8. The molecule has 0 radical (unpaired) electrons. The van der Waals surface area contributed by atoms with Crippen LogP contribution in [0.1, 0.15) is 28.8 Å². The Bertz CT molecular complexity index is 1010. The van der Waals surface area contributed by atoms with Crippen molar-refractivity contribution in [2.45, 2.75) is 25.6 Å². The molecule has 0 bridgehead atoms. The third kappa shape index (κ3) is 6.33. The molecule has 0 unspecified atom stereocenters. The van der Waals surface area contributed by atoms with Crippen molar-refractivity contribution in [3.05, 3.63) is 47.7 Å². The molecule has 0 aliphatic carbocycles. The third-order valence-electron chi connectivity index (χ3n) is 5.27. The van der Waals surface area contributed by atoms with Crippen LogP contribution in [0.3, 0.4) is 0 Å². The van der Waals surface area contributed by atoms with Gasteiger partial charge >= 0.3 is 18.8 Å². The van der Waals surface area contributed by atoms with E-state index in [2.05, 4.69) is 9.72 Å². The number of carbonyl (C=O) groups excluding carboxylic acids is 2. The molecule has 1 saturated heterocycles. The number of halogens is 5. The van der Waals surface area contributed by atoms with Gasteiger partial charge in [0, 0.05) is 24.8 Å². The zero-order valence-electron chi connectivity index (χ0n) is 18.0. The number of alkyl halides is 5. The molecule has 184 valence electrons. The number of Topliss-reactive ketones (excluding diaryl/α,β-unsaturated/α-hetero) is 1. The van der Waals surface area contributed by atoms with E-state index >= 15 is 0 Å².